The molecule has 1 fully saturated rings. The van der Waals surface area contributed by atoms with Gasteiger partial charge in [-0.2, -0.15) is 0 Å². The summed E-state index contributed by atoms with van der Waals surface area (Å²) in [6.07, 6.45) is 0.0844. The predicted octanol–water partition coefficient (Wildman–Crippen LogP) is 4.70. The number of anilines is 2. The van der Waals surface area contributed by atoms with Crippen LogP contribution in [0.25, 0.3) is 0 Å². The zero-order chi connectivity index (χ0) is 24.1. The molecule has 0 unspecified atom stereocenters. The van der Waals surface area contributed by atoms with Gasteiger partial charge in [0.1, 0.15) is 12.4 Å². The van der Waals surface area contributed by atoms with Crippen molar-refractivity contribution >= 4 is 40.8 Å². The maximum absolute atomic E-state index is 12.8. The second kappa shape index (κ2) is 10.4. The molecule has 7 nitrogen and oxygen atoms in total. The first-order valence-electron chi connectivity index (χ1n) is 10.7. The summed E-state index contributed by atoms with van der Waals surface area (Å²) in [5.41, 5.74) is 2.29. The Kier molecular flexibility index (Phi) is 7.13. The van der Waals surface area contributed by atoms with Gasteiger partial charge in [-0.1, -0.05) is 35.9 Å². The molecule has 4 rings (SSSR count). The van der Waals surface area contributed by atoms with E-state index in [2.05, 4.69) is 5.32 Å². The lowest BCUT2D eigenvalue weighted by Gasteiger charge is -2.17. The molecule has 0 aromatic heterocycles. The van der Waals surface area contributed by atoms with E-state index in [4.69, 9.17) is 21.1 Å². The number of hydrogen-bond donors (Lipinski definition) is 1. The van der Waals surface area contributed by atoms with Crippen LogP contribution >= 0.6 is 11.6 Å². The zero-order valence-corrected chi connectivity index (χ0v) is 19.2. The van der Waals surface area contributed by atoms with E-state index in [1.807, 2.05) is 24.3 Å². The molecule has 2 amide bonds. The Morgan fingerprint density at radius 1 is 1.03 bits per heavy atom. The third-order valence-electron chi connectivity index (χ3n) is 5.55. The molecule has 0 saturated carbocycles. The summed E-state index contributed by atoms with van der Waals surface area (Å²) in [7, 11) is 1.28. The summed E-state index contributed by atoms with van der Waals surface area (Å²) in [5.74, 6) is -0.886. The fraction of sp³-hybridized carbons (Fsp3) is 0.192. The third-order valence-corrected chi connectivity index (χ3v) is 5.81. The summed E-state index contributed by atoms with van der Waals surface area (Å²) < 4.78 is 10.6. The number of hydrogen-bond acceptors (Lipinski definition) is 5. The number of esters is 1. The molecule has 3 aromatic carbocycles. The van der Waals surface area contributed by atoms with Crippen molar-refractivity contribution in [1.29, 1.82) is 0 Å². The van der Waals surface area contributed by atoms with Gasteiger partial charge in [-0.3, -0.25) is 9.59 Å². The Balaban J connectivity index is 1.37. The van der Waals surface area contributed by atoms with E-state index in [1.54, 1.807) is 53.4 Å². The van der Waals surface area contributed by atoms with Gasteiger partial charge in [0.05, 0.1) is 24.3 Å². The second-order valence-electron chi connectivity index (χ2n) is 7.84. The van der Waals surface area contributed by atoms with Crippen LogP contribution in [0.3, 0.4) is 0 Å². The summed E-state index contributed by atoms with van der Waals surface area (Å²) in [6, 6.07) is 21.2. The first-order chi connectivity index (χ1) is 16.4. The standard InChI is InChI=1S/C26H23ClN2O5/c1-33-26(32)22-4-2-3-5-23(22)28-25(31)18-14-24(30)29(15-18)20-10-12-21(13-11-20)34-16-17-6-8-19(27)9-7-17/h2-13,18H,14-16H2,1H3,(H,28,31)/t18-/m0/s1. The molecule has 1 saturated heterocycles. The molecule has 0 aliphatic carbocycles. The van der Waals surface area contributed by atoms with Gasteiger partial charge in [-0.15, -0.1) is 0 Å². The monoisotopic (exact) mass is 478 g/mol. The largest absolute Gasteiger partial charge is 0.489 e. The van der Waals surface area contributed by atoms with Gasteiger partial charge in [0.15, 0.2) is 0 Å². The summed E-state index contributed by atoms with van der Waals surface area (Å²) in [6.45, 7) is 0.643. The van der Waals surface area contributed by atoms with Crippen molar-refractivity contribution in [3.05, 3.63) is 88.9 Å². The van der Waals surface area contributed by atoms with E-state index in [0.717, 1.165) is 5.56 Å². The number of amides is 2. The summed E-state index contributed by atoms with van der Waals surface area (Å²) in [4.78, 5) is 39.0. The van der Waals surface area contributed by atoms with Crippen molar-refractivity contribution in [3.63, 3.8) is 0 Å². The highest BCUT2D eigenvalue weighted by Gasteiger charge is 2.35. The number of rotatable bonds is 7. The van der Waals surface area contributed by atoms with E-state index < -0.39 is 11.9 Å². The highest BCUT2D eigenvalue weighted by Crippen LogP contribution is 2.28. The molecule has 1 atom stereocenters. The van der Waals surface area contributed by atoms with Crippen molar-refractivity contribution in [3.8, 4) is 5.75 Å². The van der Waals surface area contributed by atoms with Crippen molar-refractivity contribution in [2.24, 2.45) is 5.92 Å². The van der Waals surface area contributed by atoms with E-state index in [0.29, 0.717) is 28.8 Å². The van der Waals surface area contributed by atoms with Crippen LogP contribution < -0.4 is 15.0 Å². The minimum absolute atomic E-state index is 0.0844. The molecule has 0 spiro atoms. The van der Waals surface area contributed by atoms with Crippen LogP contribution in [0.2, 0.25) is 5.02 Å². The van der Waals surface area contributed by atoms with Crippen molar-refractivity contribution < 1.29 is 23.9 Å². The summed E-state index contributed by atoms with van der Waals surface area (Å²) >= 11 is 5.90. The Hall–Kier alpha value is -3.84. The second-order valence-corrected chi connectivity index (χ2v) is 8.28. The van der Waals surface area contributed by atoms with Crippen LogP contribution in [0, 0.1) is 5.92 Å². The van der Waals surface area contributed by atoms with Crippen LogP contribution in [0.1, 0.15) is 22.3 Å². The minimum Gasteiger partial charge on any atom is -0.489 e. The van der Waals surface area contributed by atoms with E-state index in [-0.39, 0.29) is 30.3 Å². The zero-order valence-electron chi connectivity index (χ0n) is 18.5. The van der Waals surface area contributed by atoms with Gasteiger partial charge in [-0.25, -0.2) is 4.79 Å². The number of para-hydroxylation sites is 1. The first-order valence-corrected chi connectivity index (χ1v) is 11.1. The van der Waals surface area contributed by atoms with Crippen LogP contribution in [-0.4, -0.2) is 31.4 Å². The molecule has 174 valence electrons. The molecule has 0 bridgehead atoms. The van der Waals surface area contributed by atoms with Gasteiger partial charge in [0.25, 0.3) is 0 Å². The molecule has 1 aliphatic rings. The van der Waals surface area contributed by atoms with Crippen LogP contribution in [0.4, 0.5) is 11.4 Å². The smallest absolute Gasteiger partial charge is 0.339 e. The van der Waals surface area contributed by atoms with Gasteiger partial charge in [0, 0.05) is 23.7 Å². The predicted molar refractivity (Wildman–Crippen MR) is 129 cm³/mol. The molecule has 8 heteroatoms. The topological polar surface area (TPSA) is 84.9 Å². The minimum atomic E-state index is -0.543. The molecule has 1 heterocycles. The molecule has 1 aliphatic heterocycles. The number of nitrogens with zero attached hydrogens (tertiary/aromatic N) is 1. The number of methoxy groups -OCH3 is 1. The number of carbonyl (C=O) groups excluding carboxylic acids is 3. The maximum Gasteiger partial charge on any atom is 0.339 e. The number of halogens is 1. The van der Waals surface area contributed by atoms with Crippen molar-refractivity contribution in [1.82, 2.24) is 0 Å². The fourth-order valence-electron chi connectivity index (χ4n) is 3.72. The lowest BCUT2D eigenvalue weighted by Crippen LogP contribution is -2.28. The van der Waals surface area contributed by atoms with Crippen LogP contribution in [-0.2, 0) is 20.9 Å². The number of carbonyl (C=O) groups is 3. The average Bonchev–Trinajstić information content (AvgIpc) is 3.25. The van der Waals surface area contributed by atoms with Gasteiger partial charge in [-0.05, 0) is 54.1 Å². The van der Waals surface area contributed by atoms with E-state index in [1.165, 1.54) is 7.11 Å². The quantitative estimate of drug-likeness (QED) is 0.498. The fourth-order valence-corrected chi connectivity index (χ4v) is 3.84. The molecular weight excluding hydrogens is 456 g/mol. The van der Waals surface area contributed by atoms with Gasteiger partial charge in [0.2, 0.25) is 11.8 Å². The molecule has 34 heavy (non-hydrogen) atoms. The SMILES string of the molecule is COC(=O)c1ccccc1NC(=O)[C@H]1CC(=O)N(c2ccc(OCc3ccc(Cl)cc3)cc2)C1. The van der Waals surface area contributed by atoms with Crippen molar-refractivity contribution in [2.75, 3.05) is 23.9 Å². The number of nitrogens with one attached hydrogen (secondary N) is 1. The highest BCUT2D eigenvalue weighted by molar-refractivity contribution is 6.30. The third kappa shape index (κ3) is 5.38. The van der Waals surface area contributed by atoms with Gasteiger partial charge < -0.3 is 19.7 Å². The van der Waals surface area contributed by atoms with Gasteiger partial charge >= 0.3 is 5.97 Å². The molecule has 3 aromatic rings. The van der Waals surface area contributed by atoms with Crippen LogP contribution in [0.5, 0.6) is 5.75 Å². The lowest BCUT2D eigenvalue weighted by atomic mass is 10.1. The number of ether oxygens (including phenoxy) is 2. The normalized spacial score (nSPS) is 15.2. The summed E-state index contributed by atoms with van der Waals surface area (Å²) in [5, 5.41) is 3.43. The Morgan fingerprint density at radius 3 is 2.44 bits per heavy atom. The van der Waals surface area contributed by atoms with Crippen molar-refractivity contribution in [2.45, 2.75) is 13.0 Å². The van der Waals surface area contributed by atoms with E-state index >= 15 is 0 Å². The van der Waals surface area contributed by atoms with Crippen LogP contribution in [0.15, 0.2) is 72.8 Å². The maximum atomic E-state index is 12.8. The molecule has 0 radical (unpaired) electrons. The Bertz CT molecular complexity index is 1190. The first kappa shape index (κ1) is 23.3. The molecule has 1 N–H and O–H groups in total. The Labute approximate surface area is 202 Å². The molecular formula is C26H23ClN2O5. The van der Waals surface area contributed by atoms with E-state index in [9.17, 15) is 14.4 Å². The number of benzene rings is 3. The average molecular weight is 479 g/mol. The highest BCUT2D eigenvalue weighted by atomic mass is 35.5. The lowest BCUT2D eigenvalue weighted by molar-refractivity contribution is -0.122. The Morgan fingerprint density at radius 2 is 1.74 bits per heavy atom.